The van der Waals surface area contributed by atoms with Crippen molar-refractivity contribution in [3.8, 4) is 11.5 Å². The number of carbonyl (C=O) groups excluding carboxylic acids is 1. The molecule has 1 saturated heterocycles. The number of aliphatic hydroxyl groups is 1. The zero-order chi connectivity index (χ0) is 13.9. The van der Waals surface area contributed by atoms with E-state index >= 15 is 0 Å². The lowest BCUT2D eigenvalue weighted by Crippen LogP contribution is -2.56. The van der Waals surface area contributed by atoms with Crippen molar-refractivity contribution in [1.82, 2.24) is 4.90 Å². The smallest absolute Gasteiger partial charge is 0.267 e. The van der Waals surface area contributed by atoms with E-state index in [-0.39, 0.29) is 25.2 Å². The predicted octanol–water partition coefficient (Wildman–Crippen LogP) is 0.0461. The van der Waals surface area contributed by atoms with Crippen LogP contribution in [0.1, 0.15) is 0 Å². The van der Waals surface area contributed by atoms with Gasteiger partial charge < -0.3 is 24.2 Å². The zero-order valence-corrected chi connectivity index (χ0v) is 11.0. The molecule has 0 saturated carbocycles. The molecule has 1 aromatic carbocycles. The van der Waals surface area contributed by atoms with Gasteiger partial charge >= 0.3 is 0 Å². The predicted molar refractivity (Wildman–Crippen MR) is 69.8 cm³/mol. The van der Waals surface area contributed by atoms with Gasteiger partial charge in [0, 0.05) is 6.54 Å². The highest BCUT2D eigenvalue weighted by Crippen LogP contribution is 2.31. The highest BCUT2D eigenvalue weighted by atomic mass is 16.6. The third-order valence-corrected chi connectivity index (χ3v) is 3.51. The number of benzene rings is 1. The summed E-state index contributed by atoms with van der Waals surface area (Å²) in [7, 11) is 0. The fourth-order valence-corrected chi connectivity index (χ4v) is 2.42. The Kier molecular flexibility index (Phi) is 3.75. The molecule has 20 heavy (non-hydrogen) atoms. The van der Waals surface area contributed by atoms with Crippen LogP contribution in [0.3, 0.4) is 0 Å². The van der Waals surface area contributed by atoms with Crippen LogP contribution in [0.4, 0.5) is 0 Å². The molecule has 0 radical (unpaired) electrons. The summed E-state index contributed by atoms with van der Waals surface area (Å²) in [6, 6.07) is 6.96. The lowest BCUT2D eigenvalue weighted by Gasteiger charge is -2.37. The molecular weight excluding hydrogens is 262 g/mol. The first-order valence-corrected chi connectivity index (χ1v) is 6.67. The van der Waals surface area contributed by atoms with E-state index in [9.17, 15) is 9.90 Å². The Bertz CT molecular complexity index is 492. The number of hydrogen-bond donors (Lipinski definition) is 1. The summed E-state index contributed by atoms with van der Waals surface area (Å²) in [5.74, 6) is 1.06. The molecule has 2 unspecified atom stereocenters. The molecule has 1 amide bonds. The van der Waals surface area contributed by atoms with Gasteiger partial charge in [-0.25, -0.2) is 0 Å². The molecule has 6 nitrogen and oxygen atoms in total. The van der Waals surface area contributed by atoms with Crippen LogP contribution in [0.25, 0.3) is 0 Å². The van der Waals surface area contributed by atoms with Gasteiger partial charge in [-0.05, 0) is 12.1 Å². The molecular formula is C14H17NO5. The van der Waals surface area contributed by atoms with Gasteiger partial charge in [0.25, 0.3) is 5.91 Å². The second-order valence-electron chi connectivity index (χ2n) is 4.81. The fourth-order valence-electron chi connectivity index (χ4n) is 2.42. The van der Waals surface area contributed by atoms with Crippen molar-refractivity contribution < 1.29 is 24.1 Å². The molecule has 0 bridgehead atoms. The number of ether oxygens (including phenoxy) is 3. The van der Waals surface area contributed by atoms with E-state index in [4.69, 9.17) is 14.2 Å². The van der Waals surface area contributed by atoms with Crippen LogP contribution in [0, 0.1) is 0 Å². The molecule has 6 heteroatoms. The molecule has 2 heterocycles. The number of nitrogens with zero attached hydrogens (tertiary/aromatic N) is 1. The molecule has 0 aromatic heterocycles. The van der Waals surface area contributed by atoms with Crippen LogP contribution in [0.2, 0.25) is 0 Å². The number of amides is 1. The summed E-state index contributed by atoms with van der Waals surface area (Å²) >= 11 is 0. The van der Waals surface area contributed by atoms with Crippen LogP contribution >= 0.6 is 0 Å². The lowest BCUT2D eigenvalue weighted by atomic mass is 10.2. The zero-order valence-electron chi connectivity index (χ0n) is 11.0. The molecule has 108 valence electrons. The van der Waals surface area contributed by atoms with Crippen molar-refractivity contribution in [2.45, 2.75) is 12.1 Å². The van der Waals surface area contributed by atoms with Gasteiger partial charge in [-0.2, -0.15) is 0 Å². The van der Waals surface area contributed by atoms with Crippen LogP contribution < -0.4 is 9.47 Å². The summed E-state index contributed by atoms with van der Waals surface area (Å²) in [5.41, 5.74) is 0. The first-order chi connectivity index (χ1) is 9.79. The monoisotopic (exact) mass is 279 g/mol. The number of morpholine rings is 1. The Morgan fingerprint density at radius 3 is 2.90 bits per heavy atom. The highest BCUT2D eigenvalue weighted by molar-refractivity contribution is 5.82. The molecule has 0 spiro atoms. The van der Waals surface area contributed by atoms with Gasteiger partial charge in [0.15, 0.2) is 11.5 Å². The van der Waals surface area contributed by atoms with Crippen molar-refractivity contribution >= 4 is 5.91 Å². The summed E-state index contributed by atoms with van der Waals surface area (Å²) < 4.78 is 16.5. The van der Waals surface area contributed by atoms with E-state index in [1.54, 1.807) is 17.0 Å². The van der Waals surface area contributed by atoms with E-state index in [1.165, 1.54) is 0 Å². The number of para-hydroxylation sites is 2. The normalized spacial score (nSPS) is 25.4. The third kappa shape index (κ3) is 2.44. The molecule has 1 N–H and O–H groups in total. The minimum atomic E-state index is -0.669. The summed E-state index contributed by atoms with van der Waals surface area (Å²) in [5, 5.41) is 9.32. The molecule has 2 aliphatic heterocycles. The van der Waals surface area contributed by atoms with Crippen LogP contribution in [0.5, 0.6) is 11.5 Å². The van der Waals surface area contributed by atoms with Crippen molar-refractivity contribution in [2.75, 3.05) is 33.0 Å². The Labute approximate surface area is 116 Å². The lowest BCUT2D eigenvalue weighted by molar-refractivity contribution is -0.151. The molecule has 0 aliphatic carbocycles. The largest absolute Gasteiger partial charge is 0.485 e. The molecule has 2 aliphatic rings. The van der Waals surface area contributed by atoms with E-state index in [2.05, 4.69) is 0 Å². The second-order valence-corrected chi connectivity index (χ2v) is 4.81. The van der Waals surface area contributed by atoms with Gasteiger partial charge in [-0.3, -0.25) is 4.79 Å². The summed E-state index contributed by atoms with van der Waals surface area (Å²) in [6.45, 7) is 1.37. The SMILES string of the molecule is O=C(C1COc2ccccc2O1)N1CCOCC1CO. The third-order valence-electron chi connectivity index (χ3n) is 3.51. The maximum Gasteiger partial charge on any atom is 0.267 e. The van der Waals surface area contributed by atoms with Gasteiger partial charge in [0.05, 0.1) is 25.9 Å². The van der Waals surface area contributed by atoms with Gasteiger partial charge in [-0.15, -0.1) is 0 Å². The van der Waals surface area contributed by atoms with Crippen molar-refractivity contribution in [3.05, 3.63) is 24.3 Å². The first-order valence-electron chi connectivity index (χ1n) is 6.67. The van der Waals surface area contributed by atoms with E-state index in [0.29, 0.717) is 31.3 Å². The van der Waals surface area contributed by atoms with E-state index in [1.807, 2.05) is 12.1 Å². The van der Waals surface area contributed by atoms with Crippen LogP contribution in [-0.4, -0.2) is 61.0 Å². The number of hydrogen-bond acceptors (Lipinski definition) is 5. The fraction of sp³-hybridized carbons (Fsp3) is 0.500. The Balaban J connectivity index is 1.72. The minimum Gasteiger partial charge on any atom is -0.485 e. The molecule has 2 atom stereocenters. The van der Waals surface area contributed by atoms with Crippen LogP contribution in [0.15, 0.2) is 24.3 Å². The number of rotatable bonds is 2. The summed E-state index contributed by atoms with van der Waals surface area (Å²) in [4.78, 5) is 14.1. The molecule has 3 rings (SSSR count). The first kappa shape index (κ1) is 13.2. The molecule has 1 aromatic rings. The maximum absolute atomic E-state index is 12.5. The van der Waals surface area contributed by atoms with Crippen molar-refractivity contribution in [3.63, 3.8) is 0 Å². The molecule has 1 fully saturated rings. The van der Waals surface area contributed by atoms with Crippen molar-refractivity contribution in [1.29, 1.82) is 0 Å². The Hall–Kier alpha value is -1.79. The minimum absolute atomic E-state index is 0.115. The van der Waals surface area contributed by atoms with E-state index in [0.717, 1.165) is 0 Å². The van der Waals surface area contributed by atoms with Gasteiger partial charge in [-0.1, -0.05) is 12.1 Å². The van der Waals surface area contributed by atoms with Crippen LogP contribution in [-0.2, 0) is 9.53 Å². The topological polar surface area (TPSA) is 68.2 Å². The number of fused-ring (bicyclic) bond motifs is 1. The van der Waals surface area contributed by atoms with E-state index < -0.39 is 6.10 Å². The Morgan fingerprint density at radius 2 is 2.10 bits per heavy atom. The number of carbonyl (C=O) groups is 1. The van der Waals surface area contributed by atoms with Gasteiger partial charge in [0.2, 0.25) is 6.10 Å². The quantitative estimate of drug-likeness (QED) is 0.828. The summed E-state index contributed by atoms with van der Waals surface area (Å²) in [6.07, 6.45) is -0.669. The average molecular weight is 279 g/mol. The number of aliphatic hydroxyl groups excluding tert-OH is 1. The maximum atomic E-state index is 12.5. The average Bonchev–Trinajstić information content (AvgIpc) is 2.53. The Morgan fingerprint density at radius 1 is 1.30 bits per heavy atom. The highest BCUT2D eigenvalue weighted by Gasteiger charge is 2.35. The standard InChI is InChI=1S/C14H17NO5/c16-7-10-8-18-6-5-15(10)14(17)13-9-19-11-3-1-2-4-12(11)20-13/h1-4,10,13,16H,5-9H2. The van der Waals surface area contributed by atoms with Crippen molar-refractivity contribution in [2.24, 2.45) is 0 Å². The van der Waals surface area contributed by atoms with Gasteiger partial charge in [0.1, 0.15) is 6.61 Å². The second kappa shape index (κ2) is 5.68.